The second-order valence-corrected chi connectivity index (χ2v) is 4.50. The molecule has 0 N–H and O–H groups in total. The fraction of sp³-hybridized carbons (Fsp3) is 0.214. The lowest BCUT2D eigenvalue weighted by Gasteiger charge is -2.27. The number of hydrogen-bond acceptors (Lipinski definition) is 3. The van der Waals surface area contributed by atoms with Crippen molar-refractivity contribution in [1.82, 2.24) is 4.98 Å². The van der Waals surface area contributed by atoms with Crippen molar-refractivity contribution in [3.63, 3.8) is 0 Å². The van der Waals surface area contributed by atoms with Gasteiger partial charge in [0.15, 0.2) is 0 Å². The normalized spacial score (nSPS) is 17.8. The zero-order chi connectivity index (χ0) is 12.4. The molecule has 0 bridgehead atoms. The van der Waals surface area contributed by atoms with Crippen molar-refractivity contribution in [2.75, 3.05) is 13.2 Å². The molecule has 1 aromatic heterocycles. The standard InChI is InChI=1S/C14H12ClNO2/c15-13-5-3-11(4-6-13)14(17-8-9-18-14)12-2-1-7-16-10-12/h1-7,10H,8-9H2. The van der Waals surface area contributed by atoms with Crippen LogP contribution in [0.1, 0.15) is 11.1 Å². The zero-order valence-corrected chi connectivity index (χ0v) is 10.4. The van der Waals surface area contributed by atoms with E-state index in [9.17, 15) is 0 Å². The number of aromatic nitrogens is 1. The Balaban J connectivity index is 2.10. The van der Waals surface area contributed by atoms with Crippen molar-refractivity contribution in [3.8, 4) is 0 Å². The highest BCUT2D eigenvalue weighted by Crippen LogP contribution is 2.38. The molecule has 3 rings (SSSR count). The van der Waals surface area contributed by atoms with Gasteiger partial charge in [0.05, 0.1) is 13.2 Å². The second-order valence-electron chi connectivity index (χ2n) is 4.06. The number of ether oxygens (including phenoxy) is 2. The Hall–Kier alpha value is -1.42. The van der Waals surface area contributed by atoms with Gasteiger partial charge in [0.1, 0.15) is 0 Å². The average molecular weight is 262 g/mol. The van der Waals surface area contributed by atoms with Gasteiger partial charge in [0, 0.05) is 28.5 Å². The van der Waals surface area contributed by atoms with Crippen LogP contribution in [0.15, 0.2) is 48.8 Å². The molecule has 1 saturated heterocycles. The summed E-state index contributed by atoms with van der Waals surface area (Å²) in [5.74, 6) is -0.848. The van der Waals surface area contributed by atoms with E-state index in [1.807, 2.05) is 36.4 Å². The molecule has 0 aliphatic carbocycles. The molecule has 92 valence electrons. The van der Waals surface area contributed by atoms with E-state index in [1.165, 1.54) is 0 Å². The van der Waals surface area contributed by atoms with Gasteiger partial charge in [-0.25, -0.2) is 0 Å². The van der Waals surface area contributed by atoms with Crippen molar-refractivity contribution < 1.29 is 9.47 Å². The monoisotopic (exact) mass is 261 g/mol. The van der Waals surface area contributed by atoms with Crippen LogP contribution in [0.3, 0.4) is 0 Å². The van der Waals surface area contributed by atoms with Gasteiger partial charge in [0.25, 0.3) is 0 Å². The maximum Gasteiger partial charge on any atom is 0.224 e. The largest absolute Gasteiger partial charge is 0.340 e. The fourth-order valence-corrected chi connectivity index (χ4v) is 2.27. The summed E-state index contributed by atoms with van der Waals surface area (Å²) in [6, 6.07) is 11.3. The number of halogens is 1. The summed E-state index contributed by atoms with van der Waals surface area (Å²) in [6.45, 7) is 1.13. The molecule has 0 spiro atoms. The minimum atomic E-state index is -0.848. The first kappa shape index (κ1) is 11.7. The van der Waals surface area contributed by atoms with Gasteiger partial charge in [0.2, 0.25) is 5.79 Å². The fourth-order valence-electron chi connectivity index (χ4n) is 2.14. The molecule has 2 aromatic rings. The number of pyridine rings is 1. The summed E-state index contributed by atoms with van der Waals surface area (Å²) in [7, 11) is 0. The smallest absolute Gasteiger partial charge is 0.224 e. The third-order valence-electron chi connectivity index (χ3n) is 2.96. The molecule has 0 amide bonds. The van der Waals surface area contributed by atoms with E-state index in [2.05, 4.69) is 4.98 Å². The van der Waals surface area contributed by atoms with Crippen molar-refractivity contribution >= 4 is 11.6 Å². The molecule has 0 radical (unpaired) electrons. The predicted octanol–water partition coefficient (Wildman–Crippen LogP) is 2.98. The van der Waals surface area contributed by atoms with E-state index in [0.717, 1.165) is 11.1 Å². The minimum Gasteiger partial charge on any atom is -0.340 e. The Morgan fingerprint density at radius 1 is 1.00 bits per heavy atom. The second kappa shape index (κ2) is 4.69. The lowest BCUT2D eigenvalue weighted by molar-refractivity contribution is -0.130. The Morgan fingerprint density at radius 2 is 1.72 bits per heavy atom. The number of benzene rings is 1. The molecule has 0 saturated carbocycles. The molecule has 1 aliphatic heterocycles. The van der Waals surface area contributed by atoms with Crippen molar-refractivity contribution in [1.29, 1.82) is 0 Å². The summed E-state index contributed by atoms with van der Waals surface area (Å²) in [4.78, 5) is 4.13. The van der Waals surface area contributed by atoms with Crippen LogP contribution in [0.4, 0.5) is 0 Å². The SMILES string of the molecule is Clc1ccc(C2(c3cccnc3)OCCO2)cc1. The first-order valence-electron chi connectivity index (χ1n) is 5.76. The van der Waals surface area contributed by atoms with Crippen LogP contribution in [0, 0.1) is 0 Å². The predicted molar refractivity (Wildman–Crippen MR) is 68.4 cm³/mol. The highest BCUT2D eigenvalue weighted by molar-refractivity contribution is 6.30. The summed E-state index contributed by atoms with van der Waals surface area (Å²) in [6.07, 6.45) is 3.49. The van der Waals surface area contributed by atoms with Crippen LogP contribution in [-0.4, -0.2) is 18.2 Å². The van der Waals surface area contributed by atoms with Crippen molar-refractivity contribution in [2.45, 2.75) is 5.79 Å². The van der Waals surface area contributed by atoms with Crippen LogP contribution < -0.4 is 0 Å². The summed E-state index contributed by atoms with van der Waals surface area (Å²) in [5.41, 5.74) is 1.82. The highest BCUT2D eigenvalue weighted by Gasteiger charge is 2.40. The van der Waals surface area contributed by atoms with Crippen LogP contribution in [0.2, 0.25) is 5.02 Å². The molecule has 1 aliphatic rings. The number of rotatable bonds is 2. The molecule has 0 unspecified atom stereocenters. The third-order valence-corrected chi connectivity index (χ3v) is 3.21. The maximum absolute atomic E-state index is 5.92. The first-order valence-corrected chi connectivity index (χ1v) is 6.13. The molecule has 1 aromatic carbocycles. The Morgan fingerprint density at radius 3 is 2.33 bits per heavy atom. The van der Waals surface area contributed by atoms with Gasteiger partial charge in [-0.1, -0.05) is 29.8 Å². The molecule has 1 fully saturated rings. The van der Waals surface area contributed by atoms with Crippen LogP contribution >= 0.6 is 11.6 Å². The molecule has 2 heterocycles. The Kier molecular flexibility index (Phi) is 3.04. The summed E-state index contributed by atoms with van der Waals surface area (Å²) >= 11 is 5.92. The van der Waals surface area contributed by atoms with Crippen molar-refractivity contribution in [2.24, 2.45) is 0 Å². The molecule has 18 heavy (non-hydrogen) atoms. The Labute approximate surface area is 110 Å². The number of hydrogen-bond donors (Lipinski definition) is 0. The number of nitrogens with zero attached hydrogens (tertiary/aromatic N) is 1. The summed E-state index contributed by atoms with van der Waals surface area (Å²) in [5, 5.41) is 0.693. The molecular formula is C14H12ClNO2. The third kappa shape index (κ3) is 1.90. The van der Waals surface area contributed by atoms with Gasteiger partial charge >= 0.3 is 0 Å². The lowest BCUT2D eigenvalue weighted by atomic mass is 9.99. The molecule has 3 nitrogen and oxygen atoms in total. The van der Waals surface area contributed by atoms with Crippen LogP contribution in [0.5, 0.6) is 0 Å². The van der Waals surface area contributed by atoms with E-state index >= 15 is 0 Å². The minimum absolute atomic E-state index is 0.567. The zero-order valence-electron chi connectivity index (χ0n) is 9.67. The van der Waals surface area contributed by atoms with Gasteiger partial charge in [-0.15, -0.1) is 0 Å². The van der Waals surface area contributed by atoms with E-state index in [4.69, 9.17) is 21.1 Å². The summed E-state index contributed by atoms with van der Waals surface area (Å²) < 4.78 is 11.7. The van der Waals surface area contributed by atoms with Gasteiger partial charge in [-0.3, -0.25) is 4.98 Å². The van der Waals surface area contributed by atoms with E-state index in [-0.39, 0.29) is 0 Å². The van der Waals surface area contributed by atoms with Gasteiger partial charge in [-0.2, -0.15) is 0 Å². The van der Waals surface area contributed by atoms with Crippen LogP contribution in [0.25, 0.3) is 0 Å². The molecule has 0 atom stereocenters. The topological polar surface area (TPSA) is 31.4 Å². The van der Waals surface area contributed by atoms with E-state index < -0.39 is 5.79 Å². The van der Waals surface area contributed by atoms with Crippen molar-refractivity contribution in [3.05, 3.63) is 64.9 Å². The molecular weight excluding hydrogens is 250 g/mol. The van der Waals surface area contributed by atoms with E-state index in [1.54, 1.807) is 12.4 Å². The Bertz CT molecular complexity index is 521. The first-order chi connectivity index (χ1) is 8.81. The van der Waals surface area contributed by atoms with Gasteiger partial charge in [-0.05, 0) is 18.2 Å². The van der Waals surface area contributed by atoms with Crippen LogP contribution in [-0.2, 0) is 15.3 Å². The van der Waals surface area contributed by atoms with E-state index in [0.29, 0.717) is 18.2 Å². The maximum atomic E-state index is 5.92. The average Bonchev–Trinajstić information content (AvgIpc) is 2.91. The lowest BCUT2D eigenvalue weighted by Crippen LogP contribution is -2.28. The molecule has 4 heteroatoms. The van der Waals surface area contributed by atoms with Gasteiger partial charge < -0.3 is 9.47 Å². The quantitative estimate of drug-likeness (QED) is 0.833. The highest BCUT2D eigenvalue weighted by atomic mass is 35.5.